The average molecular weight is 212 g/mol. The maximum atomic E-state index is 5.43. The average Bonchev–Trinajstić information content (AvgIpc) is 2.77. The van der Waals surface area contributed by atoms with Crippen molar-refractivity contribution in [1.29, 1.82) is 0 Å². The van der Waals surface area contributed by atoms with E-state index in [4.69, 9.17) is 4.74 Å². The summed E-state index contributed by atoms with van der Waals surface area (Å²) in [6, 6.07) is 8.19. The van der Waals surface area contributed by atoms with Crippen LogP contribution in [0.4, 0.5) is 0 Å². The molecule has 1 aromatic heterocycles. The number of hydrogen-bond donors (Lipinski definition) is 0. The van der Waals surface area contributed by atoms with Gasteiger partial charge in [-0.25, -0.2) is 4.98 Å². The monoisotopic (exact) mass is 212 g/mol. The highest BCUT2D eigenvalue weighted by molar-refractivity contribution is 5.56. The molecule has 0 bridgehead atoms. The van der Waals surface area contributed by atoms with E-state index in [1.807, 2.05) is 18.3 Å². The fourth-order valence-corrected chi connectivity index (χ4v) is 1.79. The van der Waals surface area contributed by atoms with Crippen LogP contribution in [0, 0.1) is 6.92 Å². The fourth-order valence-electron chi connectivity index (χ4n) is 1.79. The van der Waals surface area contributed by atoms with Crippen LogP contribution in [-0.2, 0) is 6.42 Å². The molecule has 80 valence electrons. The van der Waals surface area contributed by atoms with Crippen molar-refractivity contribution in [3.05, 3.63) is 41.6 Å². The molecule has 0 N–H and O–H groups in total. The van der Waals surface area contributed by atoms with Crippen molar-refractivity contribution in [3.8, 4) is 17.3 Å². The summed E-state index contributed by atoms with van der Waals surface area (Å²) >= 11 is 0. The number of hydrogen-bond acceptors (Lipinski definition) is 3. The lowest BCUT2D eigenvalue weighted by molar-refractivity contribution is 0.345. The summed E-state index contributed by atoms with van der Waals surface area (Å²) in [5.41, 5.74) is 3.38. The zero-order chi connectivity index (χ0) is 11.0. The molecule has 0 unspecified atom stereocenters. The second kappa shape index (κ2) is 3.59. The van der Waals surface area contributed by atoms with Gasteiger partial charge in [-0.1, -0.05) is 29.8 Å². The lowest BCUT2D eigenvalue weighted by Crippen LogP contribution is -1.92. The molecule has 2 heterocycles. The van der Waals surface area contributed by atoms with Crippen LogP contribution in [0.1, 0.15) is 11.1 Å². The van der Waals surface area contributed by atoms with Crippen molar-refractivity contribution in [2.75, 3.05) is 6.61 Å². The van der Waals surface area contributed by atoms with Gasteiger partial charge in [0.05, 0.1) is 6.61 Å². The van der Waals surface area contributed by atoms with Crippen molar-refractivity contribution in [3.63, 3.8) is 0 Å². The molecule has 3 heteroatoms. The summed E-state index contributed by atoms with van der Waals surface area (Å²) in [5, 5.41) is 0. The third-order valence-corrected chi connectivity index (χ3v) is 2.74. The van der Waals surface area contributed by atoms with Crippen molar-refractivity contribution < 1.29 is 4.74 Å². The quantitative estimate of drug-likeness (QED) is 0.728. The van der Waals surface area contributed by atoms with Gasteiger partial charge in [0.15, 0.2) is 5.82 Å². The molecule has 0 atom stereocenters. The van der Waals surface area contributed by atoms with Crippen LogP contribution in [0.5, 0.6) is 5.88 Å². The summed E-state index contributed by atoms with van der Waals surface area (Å²) in [6.45, 7) is 2.79. The van der Waals surface area contributed by atoms with Gasteiger partial charge in [-0.3, -0.25) is 0 Å². The molecule has 1 aromatic carbocycles. The number of rotatable bonds is 1. The topological polar surface area (TPSA) is 35.0 Å². The molecule has 0 aliphatic carbocycles. The van der Waals surface area contributed by atoms with Crippen molar-refractivity contribution in [2.45, 2.75) is 13.3 Å². The van der Waals surface area contributed by atoms with E-state index >= 15 is 0 Å². The largest absolute Gasteiger partial charge is 0.477 e. The van der Waals surface area contributed by atoms with Gasteiger partial charge in [-0.05, 0) is 6.92 Å². The van der Waals surface area contributed by atoms with Gasteiger partial charge >= 0.3 is 0 Å². The van der Waals surface area contributed by atoms with Gasteiger partial charge in [-0.2, -0.15) is 4.98 Å². The summed E-state index contributed by atoms with van der Waals surface area (Å²) in [7, 11) is 0. The molecule has 0 spiro atoms. The summed E-state index contributed by atoms with van der Waals surface area (Å²) in [5.74, 6) is 1.48. The van der Waals surface area contributed by atoms with E-state index in [1.165, 1.54) is 5.56 Å². The highest BCUT2D eigenvalue weighted by atomic mass is 16.5. The van der Waals surface area contributed by atoms with Crippen LogP contribution in [0.15, 0.2) is 30.5 Å². The van der Waals surface area contributed by atoms with Crippen molar-refractivity contribution in [1.82, 2.24) is 9.97 Å². The van der Waals surface area contributed by atoms with E-state index in [9.17, 15) is 0 Å². The molecular weight excluding hydrogens is 200 g/mol. The van der Waals surface area contributed by atoms with E-state index in [0.29, 0.717) is 0 Å². The zero-order valence-electron chi connectivity index (χ0n) is 9.10. The second-order valence-electron chi connectivity index (χ2n) is 3.99. The highest BCUT2D eigenvalue weighted by Gasteiger charge is 2.15. The number of ether oxygens (including phenoxy) is 1. The molecule has 1 aliphatic rings. The number of aryl methyl sites for hydroxylation is 1. The summed E-state index contributed by atoms with van der Waals surface area (Å²) < 4.78 is 5.43. The zero-order valence-corrected chi connectivity index (χ0v) is 9.10. The normalized spacial score (nSPS) is 13.3. The van der Waals surface area contributed by atoms with Gasteiger partial charge in [0.25, 0.3) is 0 Å². The Balaban J connectivity index is 2.03. The third kappa shape index (κ3) is 1.54. The maximum Gasteiger partial charge on any atom is 0.220 e. The smallest absolute Gasteiger partial charge is 0.220 e. The van der Waals surface area contributed by atoms with Crippen LogP contribution in [-0.4, -0.2) is 16.6 Å². The van der Waals surface area contributed by atoms with Gasteiger partial charge in [0.1, 0.15) is 0 Å². The van der Waals surface area contributed by atoms with Crippen LogP contribution in [0.2, 0.25) is 0 Å². The Labute approximate surface area is 94.1 Å². The van der Waals surface area contributed by atoms with Gasteiger partial charge in [0.2, 0.25) is 5.88 Å². The van der Waals surface area contributed by atoms with E-state index in [-0.39, 0.29) is 0 Å². The summed E-state index contributed by atoms with van der Waals surface area (Å²) in [6.07, 6.45) is 2.79. The Kier molecular flexibility index (Phi) is 2.10. The molecule has 16 heavy (non-hydrogen) atoms. The molecule has 2 aromatic rings. The van der Waals surface area contributed by atoms with Gasteiger partial charge in [0, 0.05) is 23.7 Å². The number of aromatic nitrogens is 2. The first-order chi connectivity index (χ1) is 7.83. The van der Waals surface area contributed by atoms with E-state index in [0.717, 1.165) is 35.9 Å². The molecule has 3 nitrogen and oxygen atoms in total. The van der Waals surface area contributed by atoms with Crippen LogP contribution in [0.25, 0.3) is 11.4 Å². The fraction of sp³-hybridized carbons (Fsp3) is 0.231. The SMILES string of the molecule is Cc1ccc(-c2ncc3c(n2)OCC3)cc1. The highest BCUT2D eigenvalue weighted by Crippen LogP contribution is 2.25. The van der Waals surface area contributed by atoms with Crippen molar-refractivity contribution >= 4 is 0 Å². The van der Waals surface area contributed by atoms with Crippen LogP contribution in [0.3, 0.4) is 0 Å². The molecule has 0 radical (unpaired) electrons. The Bertz CT molecular complexity index is 520. The third-order valence-electron chi connectivity index (χ3n) is 2.74. The van der Waals surface area contributed by atoms with Gasteiger partial charge in [-0.15, -0.1) is 0 Å². The van der Waals surface area contributed by atoms with Crippen LogP contribution < -0.4 is 4.74 Å². The predicted octanol–water partition coefficient (Wildman–Crippen LogP) is 2.39. The Hall–Kier alpha value is -1.90. The number of nitrogens with zero attached hydrogens (tertiary/aromatic N) is 2. The molecule has 1 aliphatic heterocycles. The first-order valence-electron chi connectivity index (χ1n) is 5.39. The lowest BCUT2D eigenvalue weighted by atomic mass is 10.1. The van der Waals surface area contributed by atoms with E-state index in [2.05, 4.69) is 29.0 Å². The molecule has 0 fully saturated rings. The standard InChI is InChI=1S/C13H12N2O/c1-9-2-4-10(5-3-9)12-14-8-11-6-7-16-13(11)15-12/h2-5,8H,6-7H2,1H3. The first kappa shape index (κ1) is 9.33. The predicted molar refractivity (Wildman–Crippen MR) is 61.4 cm³/mol. The molecule has 0 amide bonds. The lowest BCUT2D eigenvalue weighted by Gasteiger charge is -2.02. The molecule has 0 saturated carbocycles. The van der Waals surface area contributed by atoms with E-state index < -0.39 is 0 Å². The second-order valence-corrected chi connectivity index (χ2v) is 3.99. The Morgan fingerprint density at radius 2 is 2.00 bits per heavy atom. The minimum absolute atomic E-state index is 0.724. The number of benzene rings is 1. The summed E-state index contributed by atoms with van der Waals surface area (Å²) in [4.78, 5) is 8.78. The molecule has 3 rings (SSSR count). The Morgan fingerprint density at radius 3 is 2.81 bits per heavy atom. The maximum absolute atomic E-state index is 5.43. The van der Waals surface area contributed by atoms with Gasteiger partial charge < -0.3 is 4.74 Å². The van der Waals surface area contributed by atoms with Crippen LogP contribution >= 0.6 is 0 Å². The number of fused-ring (bicyclic) bond motifs is 1. The minimum Gasteiger partial charge on any atom is -0.477 e. The minimum atomic E-state index is 0.724. The molecule has 0 saturated heterocycles. The first-order valence-corrected chi connectivity index (χ1v) is 5.39. The van der Waals surface area contributed by atoms with Crippen molar-refractivity contribution in [2.24, 2.45) is 0 Å². The Morgan fingerprint density at radius 1 is 1.19 bits per heavy atom. The molecular formula is C13H12N2O. The van der Waals surface area contributed by atoms with E-state index in [1.54, 1.807) is 0 Å².